The standard InChI is InChI=1S/C14H19N3OS/c1-2-15-11-5-8-18-10-12(11)17-7-6-16-14(17)13-4-3-9-19-13/h3-4,6-7,9,11-12,15H,2,5,8,10H2,1H3. The van der Waals surface area contributed by atoms with Gasteiger partial charge in [-0.2, -0.15) is 0 Å². The van der Waals surface area contributed by atoms with Crippen molar-refractivity contribution in [3.63, 3.8) is 0 Å². The van der Waals surface area contributed by atoms with Crippen LogP contribution in [-0.4, -0.2) is 35.4 Å². The van der Waals surface area contributed by atoms with Gasteiger partial charge in [-0.25, -0.2) is 4.98 Å². The molecule has 0 aromatic carbocycles. The molecule has 0 spiro atoms. The number of nitrogens with zero attached hydrogens (tertiary/aromatic N) is 2. The third-order valence-corrected chi connectivity index (χ3v) is 4.43. The summed E-state index contributed by atoms with van der Waals surface area (Å²) in [7, 11) is 0. The van der Waals surface area contributed by atoms with E-state index in [1.165, 1.54) is 4.88 Å². The minimum atomic E-state index is 0.327. The van der Waals surface area contributed by atoms with Gasteiger partial charge in [0.1, 0.15) is 5.82 Å². The SMILES string of the molecule is CCNC1CCOCC1n1ccnc1-c1cccs1. The highest BCUT2D eigenvalue weighted by Crippen LogP contribution is 2.29. The van der Waals surface area contributed by atoms with E-state index in [9.17, 15) is 0 Å². The van der Waals surface area contributed by atoms with Crippen molar-refractivity contribution in [1.82, 2.24) is 14.9 Å². The molecule has 19 heavy (non-hydrogen) atoms. The van der Waals surface area contributed by atoms with Gasteiger partial charge in [0.05, 0.1) is 17.5 Å². The molecule has 2 unspecified atom stereocenters. The number of nitrogens with one attached hydrogen (secondary N) is 1. The van der Waals surface area contributed by atoms with Gasteiger partial charge >= 0.3 is 0 Å². The van der Waals surface area contributed by atoms with Crippen LogP contribution >= 0.6 is 11.3 Å². The van der Waals surface area contributed by atoms with Crippen LogP contribution in [0.5, 0.6) is 0 Å². The normalized spacial score (nSPS) is 23.6. The van der Waals surface area contributed by atoms with E-state index < -0.39 is 0 Å². The molecule has 0 radical (unpaired) electrons. The summed E-state index contributed by atoms with van der Waals surface area (Å²) in [6.45, 7) is 4.74. The van der Waals surface area contributed by atoms with Crippen LogP contribution in [-0.2, 0) is 4.74 Å². The third-order valence-electron chi connectivity index (χ3n) is 3.56. The van der Waals surface area contributed by atoms with Crippen LogP contribution in [0, 0.1) is 0 Å². The van der Waals surface area contributed by atoms with Crippen LogP contribution in [0.1, 0.15) is 19.4 Å². The molecule has 0 amide bonds. The lowest BCUT2D eigenvalue weighted by Crippen LogP contribution is -2.43. The maximum Gasteiger partial charge on any atom is 0.150 e. The van der Waals surface area contributed by atoms with E-state index in [2.05, 4.69) is 45.5 Å². The average Bonchev–Trinajstić information content (AvgIpc) is 3.10. The van der Waals surface area contributed by atoms with E-state index in [4.69, 9.17) is 4.74 Å². The van der Waals surface area contributed by atoms with Crippen molar-refractivity contribution >= 4 is 11.3 Å². The summed E-state index contributed by atoms with van der Waals surface area (Å²) < 4.78 is 7.93. The van der Waals surface area contributed by atoms with Crippen molar-refractivity contribution in [2.75, 3.05) is 19.8 Å². The molecular formula is C14H19N3OS. The minimum absolute atomic E-state index is 0.327. The first kappa shape index (κ1) is 12.8. The molecule has 1 fully saturated rings. The summed E-state index contributed by atoms with van der Waals surface area (Å²) in [6.07, 6.45) is 5.01. The van der Waals surface area contributed by atoms with Gasteiger partial charge in [-0.15, -0.1) is 11.3 Å². The molecule has 1 aliphatic heterocycles. The fourth-order valence-corrected chi connectivity index (χ4v) is 3.40. The van der Waals surface area contributed by atoms with Gasteiger partial charge < -0.3 is 14.6 Å². The highest BCUT2D eigenvalue weighted by molar-refractivity contribution is 7.13. The molecule has 3 rings (SSSR count). The molecule has 4 nitrogen and oxygen atoms in total. The minimum Gasteiger partial charge on any atom is -0.379 e. The summed E-state index contributed by atoms with van der Waals surface area (Å²) in [5.41, 5.74) is 0. The lowest BCUT2D eigenvalue weighted by molar-refractivity contribution is 0.0381. The van der Waals surface area contributed by atoms with E-state index in [0.717, 1.165) is 32.0 Å². The number of aromatic nitrogens is 2. The Morgan fingerprint density at radius 1 is 1.58 bits per heavy atom. The van der Waals surface area contributed by atoms with Crippen molar-refractivity contribution in [2.45, 2.75) is 25.4 Å². The smallest absolute Gasteiger partial charge is 0.150 e. The van der Waals surface area contributed by atoms with Crippen LogP contribution in [0.15, 0.2) is 29.9 Å². The van der Waals surface area contributed by atoms with Gasteiger partial charge in [0.15, 0.2) is 0 Å². The number of hydrogen-bond donors (Lipinski definition) is 1. The molecule has 1 aliphatic rings. The topological polar surface area (TPSA) is 39.1 Å². The molecule has 2 atom stereocenters. The first-order chi connectivity index (χ1) is 9.40. The van der Waals surface area contributed by atoms with E-state index >= 15 is 0 Å². The zero-order valence-electron chi connectivity index (χ0n) is 11.1. The van der Waals surface area contributed by atoms with Crippen molar-refractivity contribution in [3.05, 3.63) is 29.9 Å². The Kier molecular flexibility index (Phi) is 3.96. The van der Waals surface area contributed by atoms with Gasteiger partial charge in [-0.3, -0.25) is 0 Å². The number of thiophene rings is 1. The molecule has 5 heteroatoms. The van der Waals surface area contributed by atoms with Crippen LogP contribution in [0.2, 0.25) is 0 Å². The van der Waals surface area contributed by atoms with E-state index in [1.54, 1.807) is 11.3 Å². The van der Waals surface area contributed by atoms with Crippen molar-refractivity contribution in [3.8, 4) is 10.7 Å². The Bertz CT molecular complexity index is 507. The molecule has 2 aromatic rings. The fraction of sp³-hybridized carbons (Fsp3) is 0.500. The lowest BCUT2D eigenvalue weighted by Gasteiger charge is -2.33. The monoisotopic (exact) mass is 277 g/mol. The molecule has 0 bridgehead atoms. The molecule has 102 valence electrons. The van der Waals surface area contributed by atoms with Crippen molar-refractivity contribution in [2.24, 2.45) is 0 Å². The van der Waals surface area contributed by atoms with Gasteiger partial charge in [-0.1, -0.05) is 13.0 Å². The first-order valence-corrected chi connectivity index (χ1v) is 7.66. The highest BCUT2D eigenvalue weighted by atomic mass is 32.1. The van der Waals surface area contributed by atoms with Crippen LogP contribution < -0.4 is 5.32 Å². The summed E-state index contributed by atoms with van der Waals surface area (Å²) in [5, 5.41) is 5.66. The molecule has 3 heterocycles. The molecule has 2 aromatic heterocycles. The number of imidazole rings is 1. The van der Waals surface area contributed by atoms with E-state index in [0.29, 0.717) is 12.1 Å². The first-order valence-electron chi connectivity index (χ1n) is 6.78. The zero-order chi connectivity index (χ0) is 13.1. The second kappa shape index (κ2) is 5.86. The number of hydrogen-bond acceptors (Lipinski definition) is 4. The maximum absolute atomic E-state index is 5.67. The van der Waals surface area contributed by atoms with Crippen LogP contribution in [0.3, 0.4) is 0 Å². The summed E-state index contributed by atoms with van der Waals surface area (Å²) >= 11 is 1.73. The highest BCUT2D eigenvalue weighted by Gasteiger charge is 2.28. The van der Waals surface area contributed by atoms with Gasteiger partial charge in [0, 0.05) is 25.0 Å². The number of ether oxygens (including phenoxy) is 1. The average molecular weight is 277 g/mol. The van der Waals surface area contributed by atoms with Gasteiger partial charge in [-0.05, 0) is 24.4 Å². The van der Waals surface area contributed by atoms with E-state index in [1.807, 2.05) is 6.20 Å². The molecular weight excluding hydrogens is 258 g/mol. The largest absolute Gasteiger partial charge is 0.379 e. The zero-order valence-corrected chi connectivity index (χ0v) is 11.9. The van der Waals surface area contributed by atoms with E-state index in [-0.39, 0.29) is 0 Å². The number of likely N-dealkylation sites (N-methyl/N-ethyl adjacent to an activating group) is 1. The van der Waals surface area contributed by atoms with Gasteiger partial charge in [0.2, 0.25) is 0 Å². The summed E-state index contributed by atoms with van der Waals surface area (Å²) in [6, 6.07) is 4.98. The maximum atomic E-state index is 5.67. The quantitative estimate of drug-likeness (QED) is 0.933. The molecule has 0 aliphatic carbocycles. The van der Waals surface area contributed by atoms with Crippen LogP contribution in [0.25, 0.3) is 10.7 Å². The Balaban J connectivity index is 1.90. The fourth-order valence-electron chi connectivity index (χ4n) is 2.67. The van der Waals surface area contributed by atoms with Gasteiger partial charge in [0.25, 0.3) is 0 Å². The Hall–Kier alpha value is -1.17. The predicted octanol–water partition coefficient (Wildman–Crippen LogP) is 2.55. The van der Waals surface area contributed by atoms with Crippen molar-refractivity contribution < 1.29 is 4.74 Å². The summed E-state index contributed by atoms with van der Waals surface area (Å²) in [5.74, 6) is 1.05. The third kappa shape index (κ3) is 2.59. The second-order valence-corrected chi connectivity index (χ2v) is 5.68. The summed E-state index contributed by atoms with van der Waals surface area (Å²) in [4.78, 5) is 5.73. The Morgan fingerprint density at radius 3 is 3.32 bits per heavy atom. The second-order valence-electron chi connectivity index (χ2n) is 4.73. The molecule has 1 N–H and O–H groups in total. The lowest BCUT2D eigenvalue weighted by atomic mass is 10.0. The van der Waals surface area contributed by atoms with Crippen molar-refractivity contribution in [1.29, 1.82) is 0 Å². The molecule has 1 saturated heterocycles. The Morgan fingerprint density at radius 2 is 2.53 bits per heavy atom. The molecule has 0 saturated carbocycles. The number of rotatable bonds is 4. The van der Waals surface area contributed by atoms with Crippen LogP contribution in [0.4, 0.5) is 0 Å². The predicted molar refractivity (Wildman–Crippen MR) is 77.5 cm³/mol. The Labute approximate surface area is 117 Å².